The van der Waals surface area contributed by atoms with Crippen molar-refractivity contribution in [1.29, 1.82) is 0 Å². The van der Waals surface area contributed by atoms with Crippen LogP contribution in [0.25, 0.3) is 0 Å². The van der Waals surface area contributed by atoms with Crippen LogP contribution >= 0.6 is 0 Å². The van der Waals surface area contributed by atoms with Gasteiger partial charge in [0.2, 0.25) is 0 Å². The van der Waals surface area contributed by atoms with Crippen LogP contribution in [0.3, 0.4) is 0 Å². The Balaban J connectivity index is -0.000000213. The molecule has 0 aliphatic carbocycles. The maximum absolute atomic E-state index is 2.18. The van der Waals surface area contributed by atoms with Crippen LogP contribution < -0.4 is 24.8 Å². The summed E-state index contributed by atoms with van der Waals surface area (Å²) in [5.74, 6) is 0. The largest absolute Gasteiger partial charge is 3.00 e. The molecule has 1 aromatic carbocycles. The zero-order chi connectivity index (χ0) is 5.98. The first-order valence-electron chi connectivity index (χ1n) is 3.05. The summed E-state index contributed by atoms with van der Waals surface area (Å²) in [6.07, 6.45) is 1.17. The predicted octanol–water partition coefficient (Wildman–Crippen LogP) is -3.72. The molecule has 0 bridgehead atoms. The first-order valence-corrected chi connectivity index (χ1v) is 3.05. The molecule has 61 valence electrons. The van der Waals surface area contributed by atoms with Gasteiger partial charge in [0.05, 0.1) is 0 Å². The molecule has 0 amide bonds. The molecule has 0 heterocycles. The van der Waals surface area contributed by atoms with Crippen molar-refractivity contribution in [3.8, 4) is 0 Å². The monoisotopic (exact) mass is 225 g/mol. The molecular formula is C8H11Cl2Ti. The Morgan fingerprint density at radius 1 is 1.36 bits per heavy atom. The van der Waals surface area contributed by atoms with Crippen molar-refractivity contribution in [2.45, 2.75) is 20.3 Å². The van der Waals surface area contributed by atoms with Gasteiger partial charge in [-0.05, 0) is 0 Å². The van der Waals surface area contributed by atoms with Gasteiger partial charge in [-0.1, -0.05) is 20.3 Å². The second-order valence-electron chi connectivity index (χ2n) is 2.09. The summed E-state index contributed by atoms with van der Waals surface area (Å²) in [5, 5.41) is 0. The Hall–Kier alpha value is 0.644. The third kappa shape index (κ3) is 4.97. The van der Waals surface area contributed by atoms with Gasteiger partial charge < -0.3 is 24.8 Å². The second-order valence-corrected chi connectivity index (χ2v) is 2.09. The average Bonchev–Trinajstić information content (AvgIpc) is 2.14. The summed E-state index contributed by atoms with van der Waals surface area (Å²) in [4.78, 5) is 0. The molecule has 0 aliphatic heterocycles. The second kappa shape index (κ2) is 8.74. The van der Waals surface area contributed by atoms with Crippen LogP contribution in [-0.2, 0) is 28.1 Å². The molecule has 0 spiro atoms. The summed E-state index contributed by atoms with van der Waals surface area (Å²) in [7, 11) is 0. The van der Waals surface area contributed by atoms with Gasteiger partial charge >= 0.3 is 21.7 Å². The SMILES string of the molecule is CC[c-]1cccc1C.[Cl-].[Cl-].[Ti+3]. The third-order valence-corrected chi connectivity index (χ3v) is 1.53. The number of aryl methyl sites for hydroxylation is 2. The van der Waals surface area contributed by atoms with Gasteiger partial charge in [0.25, 0.3) is 0 Å². The smallest absolute Gasteiger partial charge is 1.00 e. The molecule has 0 fully saturated rings. The standard InChI is InChI=1S/C8H11.2ClH.Ti/c1-3-8-6-4-5-7(8)2;;;/h4-6H,3H2,1-2H3;2*1H;/q-1;;;+3/p-2. The quantitative estimate of drug-likeness (QED) is 0.341. The summed E-state index contributed by atoms with van der Waals surface area (Å²) in [5.41, 5.74) is 2.90. The maximum atomic E-state index is 2.18. The van der Waals surface area contributed by atoms with Crippen molar-refractivity contribution in [3.63, 3.8) is 0 Å². The Labute approximate surface area is 95.8 Å². The fourth-order valence-corrected chi connectivity index (χ4v) is 0.944. The molecule has 0 nitrogen and oxygen atoms in total. The predicted molar refractivity (Wildman–Crippen MR) is 36.1 cm³/mol. The summed E-state index contributed by atoms with van der Waals surface area (Å²) in [6, 6.07) is 6.43. The van der Waals surface area contributed by atoms with E-state index in [2.05, 4.69) is 32.0 Å². The number of halogens is 2. The number of rotatable bonds is 1. The minimum absolute atomic E-state index is 0. The molecule has 0 saturated carbocycles. The minimum atomic E-state index is 0. The normalized spacial score (nSPS) is 7.09. The molecule has 11 heavy (non-hydrogen) atoms. The summed E-state index contributed by atoms with van der Waals surface area (Å²) in [6.45, 7) is 4.33. The Kier molecular flexibility index (Phi) is 14.0. The molecule has 0 atom stereocenters. The topological polar surface area (TPSA) is 0 Å². The van der Waals surface area contributed by atoms with E-state index in [1.165, 1.54) is 17.5 Å². The van der Waals surface area contributed by atoms with Crippen molar-refractivity contribution < 1.29 is 46.5 Å². The number of hydrogen-bond acceptors (Lipinski definition) is 0. The Morgan fingerprint density at radius 2 is 1.91 bits per heavy atom. The van der Waals surface area contributed by atoms with Crippen molar-refractivity contribution in [2.75, 3.05) is 0 Å². The molecule has 1 radical (unpaired) electrons. The van der Waals surface area contributed by atoms with Crippen LogP contribution in [0.15, 0.2) is 18.2 Å². The van der Waals surface area contributed by atoms with Gasteiger partial charge in [-0.25, -0.2) is 12.1 Å². The average molecular weight is 226 g/mol. The van der Waals surface area contributed by atoms with Crippen LogP contribution in [0.4, 0.5) is 0 Å². The van der Waals surface area contributed by atoms with E-state index in [1.54, 1.807) is 0 Å². The van der Waals surface area contributed by atoms with E-state index in [9.17, 15) is 0 Å². The van der Waals surface area contributed by atoms with E-state index in [1.807, 2.05) is 0 Å². The van der Waals surface area contributed by atoms with Crippen LogP contribution in [0.2, 0.25) is 0 Å². The van der Waals surface area contributed by atoms with Crippen LogP contribution in [0.5, 0.6) is 0 Å². The van der Waals surface area contributed by atoms with E-state index in [0.717, 1.165) is 0 Å². The first kappa shape index (κ1) is 17.7. The van der Waals surface area contributed by atoms with Gasteiger partial charge in [0.15, 0.2) is 0 Å². The molecule has 0 aromatic heterocycles. The molecular weight excluding hydrogens is 215 g/mol. The molecule has 1 rings (SSSR count). The third-order valence-electron chi connectivity index (χ3n) is 1.53. The van der Waals surface area contributed by atoms with Gasteiger partial charge in [-0.15, -0.1) is 0 Å². The fourth-order valence-electron chi connectivity index (χ4n) is 0.944. The maximum Gasteiger partial charge on any atom is 3.00 e. The number of hydrogen-bond donors (Lipinski definition) is 0. The molecule has 1 aromatic rings. The van der Waals surface area contributed by atoms with Crippen LogP contribution in [0, 0.1) is 6.92 Å². The van der Waals surface area contributed by atoms with Crippen LogP contribution in [0.1, 0.15) is 18.1 Å². The zero-order valence-corrected chi connectivity index (χ0v) is 9.77. The minimum Gasteiger partial charge on any atom is -1.00 e. The molecule has 0 unspecified atom stereocenters. The van der Waals surface area contributed by atoms with Crippen LogP contribution in [-0.4, -0.2) is 0 Å². The van der Waals surface area contributed by atoms with Crippen molar-refractivity contribution in [1.82, 2.24) is 0 Å². The Morgan fingerprint density at radius 3 is 2.09 bits per heavy atom. The molecule has 0 N–H and O–H groups in total. The molecule has 0 aliphatic rings. The van der Waals surface area contributed by atoms with E-state index >= 15 is 0 Å². The zero-order valence-electron chi connectivity index (χ0n) is 6.70. The first-order chi connectivity index (χ1) is 3.84. The van der Waals surface area contributed by atoms with E-state index in [4.69, 9.17) is 0 Å². The van der Waals surface area contributed by atoms with Crippen molar-refractivity contribution in [2.24, 2.45) is 0 Å². The van der Waals surface area contributed by atoms with E-state index < -0.39 is 0 Å². The van der Waals surface area contributed by atoms with Gasteiger partial charge in [-0.3, -0.25) is 0 Å². The molecule has 3 heteroatoms. The van der Waals surface area contributed by atoms with Gasteiger partial charge in [0, 0.05) is 0 Å². The fraction of sp³-hybridized carbons (Fsp3) is 0.375. The Bertz CT molecular complexity index is 172. The summed E-state index contributed by atoms with van der Waals surface area (Å²) >= 11 is 0. The van der Waals surface area contributed by atoms with E-state index in [0.29, 0.717) is 0 Å². The summed E-state index contributed by atoms with van der Waals surface area (Å²) < 4.78 is 0. The van der Waals surface area contributed by atoms with Crippen molar-refractivity contribution in [3.05, 3.63) is 29.3 Å². The van der Waals surface area contributed by atoms with Crippen molar-refractivity contribution >= 4 is 0 Å². The van der Waals surface area contributed by atoms with E-state index in [-0.39, 0.29) is 46.5 Å². The van der Waals surface area contributed by atoms with Gasteiger partial charge in [-0.2, -0.15) is 17.2 Å². The van der Waals surface area contributed by atoms with Gasteiger partial charge in [0.1, 0.15) is 0 Å². The molecule has 0 saturated heterocycles.